The van der Waals surface area contributed by atoms with E-state index in [0.29, 0.717) is 0 Å². The lowest BCUT2D eigenvalue weighted by Gasteiger charge is -2.10. The van der Waals surface area contributed by atoms with Crippen LogP contribution in [0.1, 0.15) is 37.7 Å². The average Bonchev–Trinajstić information content (AvgIpc) is 2.38. The molecule has 0 spiro atoms. The molecule has 2 heteroatoms. The molecule has 0 aromatic heterocycles. The average molecular weight is 212 g/mol. The van der Waals surface area contributed by atoms with Gasteiger partial charge in [0, 0.05) is 0 Å². The third-order valence-corrected chi connectivity index (χ3v) is 3.01. The van der Waals surface area contributed by atoms with Gasteiger partial charge in [0.1, 0.15) is 0 Å². The van der Waals surface area contributed by atoms with Gasteiger partial charge in [-0.25, -0.2) is 0 Å². The lowest BCUT2D eigenvalue weighted by molar-refractivity contribution is -0.00626. The predicted molar refractivity (Wildman–Crippen MR) is 65.3 cm³/mol. The molecule has 0 unspecified atom stereocenters. The van der Waals surface area contributed by atoms with E-state index in [9.17, 15) is 0 Å². The molecule has 0 saturated carbocycles. The smallest absolute Gasteiger partial charge is 0.303 e. The molecule has 82 valence electrons. The second-order valence-electron chi connectivity index (χ2n) is 4.20. The summed E-state index contributed by atoms with van der Waals surface area (Å²) in [4.78, 5) is 3.43. The van der Waals surface area contributed by atoms with E-state index in [2.05, 4.69) is 10.9 Å². The van der Waals surface area contributed by atoms with Crippen LogP contribution in [0.5, 0.6) is 0 Å². The molecule has 0 radical (unpaired) electrons. The van der Waals surface area contributed by atoms with Crippen LogP contribution in [-0.2, 0) is 0 Å². The van der Waals surface area contributed by atoms with Crippen molar-refractivity contribution in [2.75, 3.05) is 0 Å². The second-order valence-corrected chi connectivity index (χ2v) is 4.20. The molecule has 2 nitrogen and oxygen atoms in total. The fourth-order valence-corrected chi connectivity index (χ4v) is 2.11. The van der Waals surface area contributed by atoms with E-state index in [-0.39, 0.29) is 0 Å². The second kappa shape index (κ2) is 5.43. The fourth-order valence-electron chi connectivity index (χ4n) is 2.11. The molecular weight excluding hydrogens is 196 g/mol. The first-order chi connectivity index (χ1) is 7.90. The van der Waals surface area contributed by atoms with Crippen LogP contribution in [0.3, 0.4) is 0 Å². The Labute approximate surface area is 96.2 Å². The van der Waals surface area contributed by atoms with Gasteiger partial charge in [0.2, 0.25) is 0 Å². The van der Waals surface area contributed by atoms with Crippen molar-refractivity contribution < 1.29 is 4.79 Å². The maximum Gasteiger partial charge on any atom is 0.303 e. The maximum atomic E-state index is 9.07. The summed E-state index contributed by atoms with van der Waals surface area (Å²) in [7, 11) is 0. The van der Waals surface area contributed by atoms with E-state index in [0.717, 1.165) is 24.1 Å². The van der Waals surface area contributed by atoms with Gasteiger partial charge in [-0.05, 0) is 37.8 Å². The van der Waals surface area contributed by atoms with Crippen molar-refractivity contribution in [2.45, 2.75) is 32.1 Å². The number of allylic oxidation sites excluding steroid dienone is 2. The number of nitrogens with zero attached hydrogens (tertiary/aromatic N) is 2. The fraction of sp³-hybridized carbons (Fsp3) is 0.357. The summed E-state index contributed by atoms with van der Waals surface area (Å²) >= 11 is 0. The van der Waals surface area contributed by atoms with Gasteiger partial charge < -0.3 is 5.53 Å². The molecule has 0 atom stereocenters. The molecule has 0 aliphatic heterocycles. The monoisotopic (exact) mass is 212 g/mol. The van der Waals surface area contributed by atoms with Gasteiger partial charge in [-0.1, -0.05) is 29.8 Å². The summed E-state index contributed by atoms with van der Waals surface area (Å²) in [5.41, 5.74) is 12.3. The Morgan fingerprint density at radius 3 is 2.62 bits per heavy atom. The van der Waals surface area contributed by atoms with Crippen molar-refractivity contribution in [2.24, 2.45) is 0 Å². The molecule has 0 bridgehead atoms. The van der Waals surface area contributed by atoms with Crippen LogP contribution in [-0.4, -0.2) is 10.5 Å². The quantitative estimate of drug-likeness (QED) is 0.318. The molecular formula is C14H16N2. The van der Waals surface area contributed by atoms with E-state index >= 15 is 0 Å². The third-order valence-electron chi connectivity index (χ3n) is 3.01. The topological polar surface area (TPSA) is 36.4 Å². The van der Waals surface area contributed by atoms with Crippen LogP contribution in [0.15, 0.2) is 42.0 Å². The minimum absolute atomic E-state index is 0.772. The van der Waals surface area contributed by atoms with Crippen molar-refractivity contribution >= 4 is 5.71 Å². The number of hydrogen-bond acceptors (Lipinski definition) is 0. The highest BCUT2D eigenvalue weighted by Crippen LogP contribution is 2.21. The van der Waals surface area contributed by atoms with Crippen LogP contribution >= 0.6 is 0 Å². The van der Waals surface area contributed by atoms with Crippen LogP contribution in [0, 0.1) is 0 Å². The maximum absolute atomic E-state index is 9.07. The van der Waals surface area contributed by atoms with E-state index in [1.54, 1.807) is 0 Å². The molecule has 0 saturated heterocycles. The van der Waals surface area contributed by atoms with Gasteiger partial charge in [-0.15, -0.1) is 0 Å². The minimum atomic E-state index is 0.772. The summed E-state index contributed by atoms with van der Waals surface area (Å²) in [5.74, 6) is 0. The summed E-state index contributed by atoms with van der Waals surface area (Å²) in [6.07, 6.45) is 7.94. The molecule has 1 aliphatic rings. The van der Waals surface area contributed by atoms with E-state index in [1.165, 1.54) is 24.8 Å². The molecule has 2 rings (SSSR count). The first-order valence-corrected chi connectivity index (χ1v) is 5.84. The lowest BCUT2D eigenvalue weighted by Crippen LogP contribution is -2.05. The Balaban J connectivity index is 2.13. The van der Waals surface area contributed by atoms with Gasteiger partial charge in [0.25, 0.3) is 0 Å². The molecule has 0 N–H and O–H groups in total. The zero-order chi connectivity index (χ0) is 11.2. The highest BCUT2D eigenvalue weighted by Gasteiger charge is 2.15. The Hall–Kier alpha value is -1.66. The van der Waals surface area contributed by atoms with E-state index < -0.39 is 0 Å². The van der Waals surface area contributed by atoms with Gasteiger partial charge in [0.15, 0.2) is 0 Å². The zero-order valence-electron chi connectivity index (χ0n) is 9.39. The van der Waals surface area contributed by atoms with Crippen LogP contribution in [0.25, 0.3) is 5.53 Å². The molecule has 1 aromatic carbocycles. The largest absolute Gasteiger partial charge is 0.361 e. The Morgan fingerprint density at radius 1 is 1.19 bits per heavy atom. The molecule has 1 aliphatic carbocycles. The number of hydrogen-bond donors (Lipinski definition) is 0. The lowest BCUT2D eigenvalue weighted by atomic mass is 9.93. The standard InChI is InChI=1S/C14H16N2/c15-16-14(13-9-5-2-6-10-13)11-12-7-3-1-4-8-12/h2,5-7,9-10H,1,3-4,8,11H2. The molecule has 1 aromatic rings. The van der Waals surface area contributed by atoms with Crippen molar-refractivity contribution in [1.82, 2.24) is 0 Å². The first-order valence-electron chi connectivity index (χ1n) is 5.84. The normalized spacial score (nSPS) is 15.1. The van der Waals surface area contributed by atoms with Gasteiger partial charge in [0.05, 0.1) is 12.0 Å². The Kier molecular flexibility index (Phi) is 3.68. The molecule has 0 fully saturated rings. The summed E-state index contributed by atoms with van der Waals surface area (Å²) in [6, 6.07) is 9.88. The minimum Gasteiger partial charge on any atom is -0.361 e. The zero-order valence-corrected chi connectivity index (χ0v) is 9.39. The van der Waals surface area contributed by atoms with Crippen LogP contribution in [0.4, 0.5) is 0 Å². The number of rotatable bonds is 3. The third kappa shape index (κ3) is 2.68. The molecule has 0 amide bonds. The predicted octanol–water partition coefficient (Wildman–Crippen LogP) is 3.60. The SMILES string of the molecule is [N-]=[N+]=C(CC1=CCCCC1)c1ccccc1. The van der Waals surface area contributed by atoms with E-state index in [4.69, 9.17) is 5.53 Å². The summed E-state index contributed by atoms with van der Waals surface area (Å²) < 4.78 is 0. The Bertz CT molecular complexity index is 425. The van der Waals surface area contributed by atoms with Gasteiger partial charge in [-0.2, -0.15) is 4.79 Å². The summed E-state index contributed by atoms with van der Waals surface area (Å²) in [6.45, 7) is 0. The van der Waals surface area contributed by atoms with Crippen molar-refractivity contribution in [3.63, 3.8) is 0 Å². The number of benzene rings is 1. The van der Waals surface area contributed by atoms with Crippen LogP contribution < -0.4 is 0 Å². The first kappa shape index (κ1) is 10.8. The van der Waals surface area contributed by atoms with Crippen molar-refractivity contribution in [1.29, 1.82) is 0 Å². The van der Waals surface area contributed by atoms with E-state index in [1.807, 2.05) is 30.3 Å². The van der Waals surface area contributed by atoms with Gasteiger partial charge >= 0.3 is 5.71 Å². The molecule has 0 heterocycles. The highest BCUT2D eigenvalue weighted by molar-refractivity contribution is 5.97. The highest BCUT2D eigenvalue weighted by atomic mass is 14.9. The van der Waals surface area contributed by atoms with Crippen LogP contribution in [0.2, 0.25) is 0 Å². The van der Waals surface area contributed by atoms with Crippen molar-refractivity contribution in [3.8, 4) is 0 Å². The summed E-state index contributed by atoms with van der Waals surface area (Å²) in [5, 5.41) is 0. The Morgan fingerprint density at radius 2 is 2.00 bits per heavy atom. The van der Waals surface area contributed by atoms with Crippen molar-refractivity contribution in [3.05, 3.63) is 53.1 Å². The van der Waals surface area contributed by atoms with Gasteiger partial charge in [-0.3, -0.25) is 0 Å². The molecule has 16 heavy (non-hydrogen) atoms.